The predicted octanol–water partition coefficient (Wildman–Crippen LogP) is 4.65. The van der Waals surface area contributed by atoms with Crippen molar-refractivity contribution in [3.63, 3.8) is 0 Å². The van der Waals surface area contributed by atoms with E-state index in [0.29, 0.717) is 0 Å². The number of nitrogens with zero attached hydrogens (tertiary/aromatic N) is 1. The fraction of sp³-hybridized carbons (Fsp3) is 0.0909. The van der Waals surface area contributed by atoms with Crippen molar-refractivity contribution >= 4 is 44.6 Å². The second kappa shape index (κ2) is 5.69. The molecule has 7 heteroatoms. The molecule has 0 saturated carbocycles. The van der Waals surface area contributed by atoms with Gasteiger partial charge in [-0.25, -0.2) is 0 Å². The van der Waals surface area contributed by atoms with E-state index in [1.165, 1.54) is 23.5 Å². The number of rotatable bonds is 4. The van der Waals surface area contributed by atoms with E-state index in [0.717, 1.165) is 8.66 Å². The lowest BCUT2D eigenvalue weighted by Crippen LogP contribution is -1.98. The van der Waals surface area contributed by atoms with Gasteiger partial charge in [0.25, 0.3) is 0 Å². The first-order valence-corrected chi connectivity index (χ1v) is 6.86. The molecule has 94 valence electrons. The summed E-state index contributed by atoms with van der Waals surface area (Å²) in [7, 11) is 0. The zero-order valence-corrected chi connectivity index (χ0v) is 12.1. The Labute approximate surface area is 120 Å². The Kier molecular flexibility index (Phi) is 4.21. The van der Waals surface area contributed by atoms with Crippen LogP contribution in [0.4, 0.5) is 5.69 Å². The maximum atomic E-state index is 10.9. The zero-order chi connectivity index (χ0) is 13.1. The van der Waals surface area contributed by atoms with Gasteiger partial charge in [-0.15, -0.1) is 11.3 Å². The molecule has 2 rings (SSSR count). The molecule has 0 fully saturated rings. The van der Waals surface area contributed by atoms with E-state index in [4.69, 9.17) is 16.3 Å². The Hall–Kier alpha value is -1.11. The van der Waals surface area contributed by atoms with Crippen molar-refractivity contribution < 1.29 is 9.66 Å². The van der Waals surface area contributed by atoms with Crippen molar-refractivity contribution in [1.82, 2.24) is 0 Å². The minimum absolute atomic E-state index is 0.105. The van der Waals surface area contributed by atoms with Gasteiger partial charge in [0, 0.05) is 10.9 Å². The fourth-order valence-electron chi connectivity index (χ4n) is 1.36. The van der Waals surface area contributed by atoms with Gasteiger partial charge in [-0.3, -0.25) is 10.1 Å². The van der Waals surface area contributed by atoms with Crippen molar-refractivity contribution in [2.45, 2.75) is 6.61 Å². The molecule has 1 aromatic carbocycles. The van der Waals surface area contributed by atoms with Gasteiger partial charge in [0.1, 0.15) is 6.61 Å². The molecule has 0 N–H and O–H groups in total. The van der Waals surface area contributed by atoms with E-state index in [1.807, 2.05) is 12.1 Å². The van der Waals surface area contributed by atoms with E-state index >= 15 is 0 Å². The molecule has 0 bridgehead atoms. The van der Waals surface area contributed by atoms with E-state index < -0.39 is 4.92 Å². The molecule has 4 nitrogen and oxygen atoms in total. The number of hydrogen-bond acceptors (Lipinski definition) is 4. The number of para-hydroxylation sites is 1. The Balaban J connectivity index is 2.20. The summed E-state index contributed by atoms with van der Waals surface area (Å²) in [6.07, 6.45) is 0. The Morgan fingerprint density at radius 3 is 2.78 bits per heavy atom. The SMILES string of the molecule is O=[N+]([O-])c1cccc(Cl)c1OCc1ccc(Br)s1. The normalized spacial score (nSPS) is 10.3. The topological polar surface area (TPSA) is 52.4 Å². The van der Waals surface area contributed by atoms with Crippen LogP contribution in [0.3, 0.4) is 0 Å². The van der Waals surface area contributed by atoms with Crippen molar-refractivity contribution in [3.8, 4) is 5.75 Å². The molecule has 0 saturated heterocycles. The number of nitro benzene ring substituents is 1. The van der Waals surface area contributed by atoms with Crippen LogP contribution in [0.25, 0.3) is 0 Å². The molecule has 18 heavy (non-hydrogen) atoms. The van der Waals surface area contributed by atoms with Crippen molar-refractivity contribution in [2.75, 3.05) is 0 Å². The second-order valence-electron chi connectivity index (χ2n) is 3.34. The molecular formula is C11H7BrClNO3S. The van der Waals surface area contributed by atoms with Gasteiger partial charge in [0.2, 0.25) is 5.75 Å². The summed E-state index contributed by atoms with van der Waals surface area (Å²) in [5.41, 5.74) is -0.127. The van der Waals surface area contributed by atoms with Gasteiger partial charge >= 0.3 is 5.69 Å². The molecule has 1 heterocycles. The highest BCUT2D eigenvalue weighted by atomic mass is 79.9. The monoisotopic (exact) mass is 347 g/mol. The zero-order valence-electron chi connectivity index (χ0n) is 8.93. The third kappa shape index (κ3) is 3.01. The standard InChI is InChI=1S/C11H7BrClNO3S/c12-10-5-4-7(18-10)6-17-11-8(13)2-1-3-9(11)14(15)16/h1-5H,6H2. The highest BCUT2D eigenvalue weighted by molar-refractivity contribution is 9.11. The maximum absolute atomic E-state index is 10.9. The lowest BCUT2D eigenvalue weighted by atomic mass is 10.3. The van der Waals surface area contributed by atoms with Crippen LogP contribution in [0.5, 0.6) is 5.75 Å². The van der Waals surface area contributed by atoms with Crippen molar-refractivity contribution in [2.24, 2.45) is 0 Å². The van der Waals surface area contributed by atoms with Crippen molar-refractivity contribution in [1.29, 1.82) is 0 Å². The average molecular weight is 349 g/mol. The van der Waals surface area contributed by atoms with Gasteiger partial charge in [-0.2, -0.15) is 0 Å². The van der Waals surface area contributed by atoms with Crippen LogP contribution in [0.15, 0.2) is 34.1 Å². The summed E-state index contributed by atoms with van der Waals surface area (Å²) in [6, 6.07) is 8.23. The smallest absolute Gasteiger partial charge is 0.312 e. The Bertz CT molecular complexity index is 587. The first-order valence-electron chi connectivity index (χ1n) is 4.88. The van der Waals surface area contributed by atoms with Crippen LogP contribution in [-0.4, -0.2) is 4.92 Å². The summed E-state index contributed by atoms with van der Waals surface area (Å²) in [5.74, 6) is 0.105. The molecule has 0 unspecified atom stereocenters. The summed E-state index contributed by atoms with van der Waals surface area (Å²) in [5, 5.41) is 11.1. The van der Waals surface area contributed by atoms with Gasteiger partial charge in [0.05, 0.1) is 13.7 Å². The largest absolute Gasteiger partial charge is 0.480 e. The van der Waals surface area contributed by atoms with Crippen LogP contribution in [-0.2, 0) is 6.61 Å². The molecule has 0 aliphatic carbocycles. The summed E-state index contributed by atoms with van der Waals surface area (Å²) >= 11 is 10.8. The third-order valence-electron chi connectivity index (χ3n) is 2.13. The van der Waals surface area contributed by atoms with Crippen LogP contribution >= 0.6 is 38.9 Å². The third-order valence-corrected chi connectivity index (χ3v) is 4.03. The van der Waals surface area contributed by atoms with Gasteiger partial charge in [0.15, 0.2) is 0 Å². The second-order valence-corrected chi connectivity index (χ2v) is 6.29. The van der Waals surface area contributed by atoms with Crippen molar-refractivity contribution in [3.05, 3.63) is 54.1 Å². The summed E-state index contributed by atoms with van der Waals surface area (Å²) < 4.78 is 6.43. The number of nitro groups is 1. The first kappa shape index (κ1) is 13.3. The van der Waals surface area contributed by atoms with Gasteiger partial charge < -0.3 is 4.74 Å². The molecule has 0 atom stereocenters. The van der Waals surface area contributed by atoms with E-state index in [-0.39, 0.29) is 23.1 Å². The highest BCUT2D eigenvalue weighted by Crippen LogP contribution is 2.35. The lowest BCUT2D eigenvalue weighted by molar-refractivity contribution is -0.385. The number of thiophene rings is 1. The predicted molar refractivity (Wildman–Crippen MR) is 74.5 cm³/mol. The average Bonchev–Trinajstić information content (AvgIpc) is 2.73. The molecule has 0 aliphatic rings. The number of benzene rings is 1. The summed E-state index contributed by atoms with van der Waals surface area (Å²) in [6.45, 7) is 0.251. The molecule has 2 aromatic rings. The lowest BCUT2D eigenvalue weighted by Gasteiger charge is -2.06. The fourth-order valence-corrected chi connectivity index (χ4v) is 2.98. The van der Waals surface area contributed by atoms with Gasteiger partial charge in [-0.05, 0) is 34.1 Å². The van der Waals surface area contributed by atoms with E-state index in [9.17, 15) is 10.1 Å². The first-order chi connectivity index (χ1) is 8.58. The van der Waals surface area contributed by atoms with Gasteiger partial charge in [-0.1, -0.05) is 17.7 Å². The quantitative estimate of drug-likeness (QED) is 0.597. The minimum Gasteiger partial charge on any atom is -0.480 e. The number of halogens is 2. The van der Waals surface area contributed by atoms with E-state index in [1.54, 1.807) is 6.07 Å². The minimum atomic E-state index is -0.508. The maximum Gasteiger partial charge on any atom is 0.312 e. The Morgan fingerprint density at radius 2 is 2.17 bits per heavy atom. The molecular weight excluding hydrogens is 342 g/mol. The molecule has 0 aliphatic heterocycles. The molecule has 0 amide bonds. The van der Waals surface area contributed by atoms with Crippen LogP contribution in [0.2, 0.25) is 5.02 Å². The van der Waals surface area contributed by atoms with Crippen LogP contribution in [0.1, 0.15) is 4.88 Å². The number of ether oxygens (including phenoxy) is 1. The van der Waals surface area contributed by atoms with Crippen LogP contribution in [0, 0.1) is 10.1 Å². The van der Waals surface area contributed by atoms with Crippen LogP contribution < -0.4 is 4.74 Å². The highest BCUT2D eigenvalue weighted by Gasteiger charge is 2.18. The Morgan fingerprint density at radius 1 is 1.39 bits per heavy atom. The van der Waals surface area contributed by atoms with E-state index in [2.05, 4.69) is 15.9 Å². The molecule has 1 aromatic heterocycles. The molecule has 0 spiro atoms. The summed E-state index contributed by atoms with van der Waals surface area (Å²) in [4.78, 5) is 11.3. The molecule has 0 radical (unpaired) electrons. The number of hydrogen-bond donors (Lipinski definition) is 0.